The molecule has 4 nitrogen and oxygen atoms in total. The van der Waals surface area contributed by atoms with Crippen molar-refractivity contribution in [1.29, 1.82) is 0 Å². The number of hydrogen-bond acceptors (Lipinski definition) is 5. The van der Waals surface area contributed by atoms with Gasteiger partial charge in [0, 0.05) is 11.1 Å². The second-order valence-corrected chi connectivity index (χ2v) is 5.10. The maximum atomic E-state index is 9.24. The highest BCUT2D eigenvalue weighted by Gasteiger charge is 2.13. The Kier molecular flexibility index (Phi) is 4.52. The number of halogens is 1. The van der Waals surface area contributed by atoms with E-state index in [0.29, 0.717) is 5.82 Å². The van der Waals surface area contributed by atoms with E-state index >= 15 is 0 Å². The first-order chi connectivity index (χ1) is 8.74. The van der Waals surface area contributed by atoms with Crippen LogP contribution in [0.1, 0.15) is 13.3 Å². The van der Waals surface area contributed by atoms with Crippen molar-refractivity contribution in [3.8, 4) is 10.4 Å². The van der Waals surface area contributed by atoms with E-state index in [4.69, 9.17) is 11.6 Å². The molecule has 1 unspecified atom stereocenters. The van der Waals surface area contributed by atoms with E-state index in [0.717, 1.165) is 16.9 Å². The number of thiophene rings is 1. The van der Waals surface area contributed by atoms with Gasteiger partial charge in [-0.15, -0.1) is 11.3 Å². The van der Waals surface area contributed by atoms with Gasteiger partial charge in [-0.3, -0.25) is 0 Å². The van der Waals surface area contributed by atoms with E-state index in [-0.39, 0.29) is 17.9 Å². The van der Waals surface area contributed by atoms with E-state index in [1.165, 1.54) is 0 Å². The van der Waals surface area contributed by atoms with Gasteiger partial charge in [0.15, 0.2) is 0 Å². The van der Waals surface area contributed by atoms with E-state index in [1.807, 2.05) is 24.4 Å². The molecule has 0 saturated heterocycles. The van der Waals surface area contributed by atoms with Crippen LogP contribution in [0.3, 0.4) is 0 Å². The van der Waals surface area contributed by atoms with E-state index in [1.54, 1.807) is 17.5 Å². The Labute approximate surface area is 115 Å². The van der Waals surface area contributed by atoms with Gasteiger partial charge in [0.2, 0.25) is 5.28 Å². The topological polar surface area (TPSA) is 58.0 Å². The Hall–Kier alpha value is -1.17. The maximum Gasteiger partial charge on any atom is 0.224 e. The third-order valence-corrected chi connectivity index (χ3v) is 3.69. The van der Waals surface area contributed by atoms with Crippen molar-refractivity contribution >= 4 is 28.8 Å². The molecular weight excluding hydrogens is 270 g/mol. The normalized spacial score (nSPS) is 12.4. The summed E-state index contributed by atoms with van der Waals surface area (Å²) in [4.78, 5) is 9.29. The van der Waals surface area contributed by atoms with E-state index < -0.39 is 0 Å². The number of hydrogen-bond donors (Lipinski definition) is 2. The minimum absolute atomic E-state index is 0.0327. The average Bonchev–Trinajstić information content (AvgIpc) is 2.89. The molecule has 6 heteroatoms. The summed E-state index contributed by atoms with van der Waals surface area (Å²) in [5, 5.41) is 14.6. The van der Waals surface area contributed by atoms with E-state index in [2.05, 4.69) is 15.3 Å². The van der Waals surface area contributed by atoms with Gasteiger partial charge in [0.1, 0.15) is 5.82 Å². The fourth-order valence-electron chi connectivity index (χ4n) is 1.55. The third-order valence-electron chi connectivity index (χ3n) is 2.60. The van der Waals surface area contributed by atoms with Crippen LogP contribution in [0.5, 0.6) is 0 Å². The van der Waals surface area contributed by atoms with Crippen LogP contribution in [0, 0.1) is 0 Å². The van der Waals surface area contributed by atoms with Gasteiger partial charge < -0.3 is 10.4 Å². The summed E-state index contributed by atoms with van der Waals surface area (Å²) in [5.74, 6) is 0.665. The molecule has 96 valence electrons. The molecule has 0 aliphatic heterocycles. The van der Waals surface area contributed by atoms with Crippen LogP contribution < -0.4 is 5.32 Å². The minimum atomic E-state index is -0.0327. The fourth-order valence-corrected chi connectivity index (χ4v) is 2.42. The Balaban J connectivity index is 2.35. The summed E-state index contributed by atoms with van der Waals surface area (Å²) in [6, 6.07) is 3.94. The van der Waals surface area contributed by atoms with Gasteiger partial charge in [-0.05, 0) is 29.5 Å². The summed E-state index contributed by atoms with van der Waals surface area (Å²) in [6.45, 7) is 2.06. The van der Waals surface area contributed by atoms with Crippen LogP contribution in [0.15, 0.2) is 23.7 Å². The third kappa shape index (κ3) is 2.98. The van der Waals surface area contributed by atoms with Crippen molar-refractivity contribution < 1.29 is 5.11 Å². The second kappa shape index (κ2) is 6.13. The largest absolute Gasteiger partial charge is 0.394 e. The van der Waals surface area contributed by atoms with Gasteiger partial charge >= 0.3 is 0 Å². The highest BCUT2D eigenvalue weighted by atomic mass is 35.5. The first-order valence-corrected chi connectivity index (χ1v) is 6.94. The number of rotatable bonds is 5. The Morgan fingerprint density at radius 2 is 2.39 bits per heavy atom. The zero-order valence-electron chi connectivity index (χ0n) is 9.93. The van der Waals surface area contributed by atoms with Crippen LogP contribution in [0.2, 0.25) is 5.28 Å². The molecule has 2 aromatic heterocycles. The molecule has 0 amide bonds. The molecule has 2 rings (SSSR count). The van der Waals surface area contributed by atoms with Crippen molar-refractivity contribution in [1.82, 2.24) is 9.97 Å². The maximum absolute atomic E-state index is 9.24. The zero-order valence-corrected chi connectivity index (χ0v) is 11.5. The summed E-state index contributed by atoms with van der Waals surface area (Å²) in [6.07, 6.45) is 2.51. The summed E-state index contributed by atoms with van der Waals surface area (Å²) < 4.78 is 0. The van der Waals surface area contributed by atoms with Gasteiger partial charge in [-0.25, -0.2) is 9.97 Å². The highest BCUT2D eigenvalue weighted by molar-refractivity contribution is 7.13. The van der Waals surface area contributed by atoms with Crippen LogP contribution in [0.25, 0.3) is 10.4 Å². The molecule has 0 spiro atoms. The number of aliphatic hydroxyl groups excluding tert-OH is 1. The smallest absolute Gasteiger partial charge is 0.224 e. The van der Waals surface area contributed by atoms with Crippen LogP contribution in [-0.2, 0) is 0 Å². The zero-order chi connectivity index (χ0) is 13.0. The van der Waals surface area contributed by atoms with Crippen molar-refractivity contribution in [3.63, 3.8) is 0 Å². The highest BCUT2D eigenvalue weighted by Crippen LogP contribution is 2.30. The molecule has 2 N–H and O–H groups in total. The monoisotopic (exact) mass is 283 g/mol. The first kappa shape index (κ1) is 13.3. The molecule has 18 heavy (non-hydrogen) atoms. The molecule has 0 radical (unpaired) electrons. The molecule has 0 saturated carbocycles. The summed E-state index contributed by atoms with van der Waals surface area (Å²) in [7, 11) is 0. The molecule has 0 bridgehead atoms. The Morgan fingerprint density at radius 1 is 1.56 bits per heavy atom. The van der Waals surface area contributed by atoms with Crippen molar-refractivity contribution in [2.24, 2.45) is 0 Å². The standard InChI is InChI=1S/C12H14ClN3OS/c1-2-8(7-17)15-11-9(6-14-12(13)16-11)10-4-3-5-18-10/h3-6,8,17H,2,7H2,1H3,(H,14,15,16). The van der Waals surface area contributed by atoms with Crippen molar-refractivity contribution in [2.75, 3.05) is 11.9 Å². The van der Waals surface area contributed by atoms with Gasteiger partial charge in [-0.1, -0.05) is 13.0 Å². The molecular formula is C12H14ClN3OS. The SMILES string of the molecule is CCC(CO)Nc1nc(Cl)ncc1-c1cccs1. The molecule has 0 aromatic carbocycles. The van der Waals surface area contributed by atoms with Crippen LogP contribution in [-0.4, -0.2) is 27.7 Å². The molecule has 2 aromatic rings. The molecule has 2 heterocycles. The lowest BCUT2D eigenvalue weighted by Crippen LogP contribution is -2.23. The number of anilines is 1. The first-order valence-electron chi connectivity index (χ1n) is 5.68. The van der Waals surface area contributed by atoms with Crippen LogP contribution >= 0.6 is 22.9 Å². The summed E-state index contributed by atoms with van der Waals surface area (Å²) >= 11 is 7.44. The lowest BCUT2D eigenvalue weighted by Gasteiger charge is -2.16. The van der Waals surface area contributed by atoms with Gasteiger partial charge in [0.05, 0.1) is 18.2 Å². The molecule has 0 aliphatic rings. The molecule has 0 fully saturated rings. The van der Waals surface area contributed by atoms with Crippen LogP contribution in [0.4, 0.5) is 5.82 Å². The minimum Gasteiger partial charge on any atom is -0.394 e. The quantitative estimate of drug-likeness (QED) is 0.828. The number of nitrogens with zero attached hydrogens (tertiary/aromatic N) is 2. The van der Waals surface area contributed by atoms with Gasteiger partial charge in [0.25, 0.3) is 0 Å². The lowest BCUT2D eigenvalue weighted by atomic mass is 10.2. The molecule has 1 atom stereocenters. The Morgan fingerprint density at radius 3 is 3.00 bits per heavy atom. The Bertz CT molecular complexity index is 500. The number of aromatic nitrogens is 2. The van der Waals surface area contributed by atoms with Crippen molar-refractivity contribution in [2.45, 2.75) is 19.4 Å². The number of nitrogens with one attached hydrogen (secondary N) is 1. The molecule has 0 aliphatic carbocycles. The predicted molar refractivity (Wildman–Crippen MR) is 75.1 cm³/mol. The summed E-state index contributed by atoms with van der Waals surface area (Å²) in [5.41, 5.74) is 0.904. The number of aliphatic hydroxyl groups is 1. The average molecular weight is 284 g/mol. The van der Waals surface area contributed by atoms with Gasteiger partial charge in [-0.2, -0.15) is 0 Å². The fraction of sp³-hybridized carbons (Fsp3) is 0.333. The van der Waals surface area contributed by atoms with E-state index in [9.17, 15) is 5.11 Å². The van der Waals surface area contributed by atoms with Crippen molar-refractivity contribution in [3.05, 3.63) is 29.0 Å². The second-order valence-electron chi connectivity index (χ2n) is 3.81. The lowest BCUT2D eigenvalue weighted by molar-refractivity contribution is 0.271. The predicted octanol–water partition coefficient (Wildman–Crippen LogP) is 3.04.